The van der Waals surface area contributed by atoms with E-state index < -0.39 is 4.92 Å². The molecule has 234 valence electrons. The van der Waals surface area contributed by atoms with Crippen LogP contribution in [0, 0.1) is 23.0 Å². The zero-order chi connectivity index (χ0) is 31.9. The Labute approximate surface area is 266 Å². The van der Waals surface area contributed by atoms with E-state index in [0.29, 0.717) is 40.6 Å². The zero-order valence-electron chi connectivity index (χ0n) is 25.6. The molecule has 0 saturated carbocycles. The van der Waals surface area contributed by atoms with Crippen LogP contribution in [0.5, 0.6) is 5.75 Å². The summed E-state index contributed by atoms with van der Waals surface area (Å²) >= 11 is 0. The van der Waals surface area contributed by atoms with E-state index in [2.05, 4.69) is 55.0 Å². The number of methoxy groups -OCH3 is 1. The molecule has 1 aliphatic heterocycles. The fraction of sp³-hybridized carbons (Fsp3) is 0.235. The Morgan fingerprint density at radius 1 is 1.00 bits per heavy atom. The third-order valence-corrected chi connectivity index (χ3v) is 7.85. The van der Waals surface area contributed by atoms with Crippen molar-refractivity contribution in [3.63, 3.8) is 0 Å². The summed E-state index contributed by atoms with van der Waals surface area (Å²) in [5.41, 5.74) is 6.48. The maximum Gasteiger partial charge on any atom is 0.284 e. The van der Waals surface area contributed by atoms with Gasteiger partial charge in [-0.2, -0.15) is 20.1 Å². The average molecular weight is 619 g/mol. The first-order valence-corrected chi connectivity index (χ1v) is 15.0. The third kappa shape index (κ3) is 7.46. The van der Waals surface area contributed by atoms with Gasteiger partial charge in [-0.3, -0.25) is 10.1 Å². The molecule has 0 aliphatic carbocycles. The summed E-state index contributed by atoms with van der Waals surface area (Å²) < 4.78 is 11.0. The molecule has 6 rings (SSSR count). The largest absolute Gasteiger partial charge is 0.497 e. The van der Waals surface area contributed by atoms with Crippen molar-refractivity contribution in [2.45, 2.75) is 26.2 Å². The van der Waals surface area contributed by atoms with Crippen LogP contribution in [0.15, 0.2) is 94.4 Å². The Balaban J connectivity index is 1.18. The highest BCUT2D eigenvalue weighted by Crippen LogP contribution is 2.34. The monoisotopic (exact) mass is 618 g/mol. The van der Waals surface area contributed by atoms with Crippen molar-refractivity contribution < 1.29 is 14.1 Å². The first-order valence-electron chi connectivity index (χ1n) is 15.0. The van der Waals surface area contributed by atoms with Crippen LogP contribution >= 0.6 is 0 Å². The summed E-state index contributed by atoms with van der Waals surface area (Å²) in [6.07, 6.45) is 4.60. The van der Waals surface area contributed by atoms with Crippen molar-refractivity contribution in [3.05, 3.63) is 112 Å². The number of nitrogens with zero attached hydrogens (tertiary/aromatic N) is 6. The lowest BCUT2D eigenvalue weighted by atomic mass is 9.90. The number of nitrogens with one attached hydrogen (secondary N) is 2. The van der Waals surface area contributed by atoms with Crippen LogP contribution in [-0.4, -0.2) is 46.3 Å². The zero-order valence-corrected chi connectivity index (χ0v) is 25.6. The Bertz CT molecular complexity index is 1820. The molecule has 0 atom stereocenters. The molecule has 46 heavy (non-hydrogen) atoms. The molecule has 5 aromatic rings. The summed E-state index contributed by atoms with van der Waals surface area (Å²) in [5.74, 6) is 2.93. The molecule has 1 saturated heterocycles. The van der Waals surface area contributed by atoms with E-state index in [1.807, 2.05) is 37.3 Å². The van der Waals surface area contributed by atoms with Crippen molar-refractivity contribution in [1.82, 2.24) is 15.0 Å². The summed E-state index contributed by atoms with van der Waals surface area (Å²) in [5, 5.41) is 19.2. The van der Waals surface area contributed by atoms with Gasteiger partial charge >= 0.3 is 0 Å². The topological polar surface area (TPSA) is 144 Å². The van der Waals surface area contributed by atoms with Gasteiger partial charge in [-0.05, 0) is 74.1 Å². The predicted molar refractivity (Wildman–Crippen MR) is 178 cm³/mol. The number of hydrogen-bond donors (Lipinski definition) is 2. The van der Waals surface area contributed by atoms with Crippen LogP contribution in [0.2, 0.25) is 0 Å². The Morgan fingerprint density at radius 3 is 2.50 bits per heavy atom. The van der Waals surface area contributed by atoms with Gasteiger partial charge in [0.2, 0.25) is 17.8 Å². The fourth-order valence-corrected chi connectivity index (χ4v) is 5.38. The molecule has 12 nitrogen and oxygen atoms in total. The second kappa shape index (κ2) is 13.9. The normalized spacial score (nSPS) is 13.6. The number of rotatable bonds is 11. The molecule has 3 aromatic carbocycles. The Hall–Kier alpha value is -5.78. The van der Waals surface area contributed by atoms with E-state index >= 15 is 0 Å². The highest BCUT2D eigenvalue weighted by atomic mass is 16.6. The smallest absolute Gasteiger partial charge is 0.284 e. The van der Waals surface area contributed by atoms with Gasteiger partial charge in [0.15, 0.2) is 0 Å². The predicted octanol–water partition coefficient (Wildman–Crippen LogP) is 7.01. The van der Waals surface area contributed by atoms with E-state index in [4.69, 9.17) is 14.1 Å². The SMILES string of the molecule is COc1ccc(-c2ccc(/C=N/Nc3nc(Nc4ccc(C)cc4)nc(N4CCC(Cc5ccccc5)CC4)n3)o2)c([N+](=O)[O-])c1. The fourth-order valence-electron chi connectivity index (χ4n) is 5.38. The molecule has 0 unspecified atom stereocenters. The van der Waals surface area contributed by atoms with Gasteiger partial charge < -0.3 is 19.4 Å². The Kier molecular flexibility index (Phi) is 9.14. The number of aromatic nitrogens is 3. The maximum absolute atomic E-state index is 11.6. The van der Waals surface area contributed by atoms with Gasteiger partial charge in [0, 0.05) is 18.8 Å². The van der Waals surface area contributed by atoms with E-state index in [0.717, 1.165) is 43.6 Å². The highest BCUT2D eigenvalue weighted by Gasteiger charge is 2.23. The van der Waals surface area contributed by atoms with E-state index in [9.17, 15) is 10.1 Å². The van der Waals surface area contributed by atoms with Crippen molar-refractivity contribution in [2.75, 3.05) is 35.8 Å². The second-order valence-electron chi connectivity index (χ2n) is 11.1. The summed E-state index contributed by atoms with van der Waals surface area (Å²) in [6.45, 7) is 3.70. The van der Waals surface area contributed by atoms with Crippen molar-refractivity contribution >= 4 is 35.4 Å². The number of ether oxygens (including phenoxy) is 1. The van der Waals surface area contributed by atoms with Gasteiger partial charge in [0.1, 0.15) is 17.3 Å². The van der Waals surface area contributed by atoms with Crippen LogP contribution in [0.1, 0.15) is 29.7 Å². The number of nitro groups is 1. The van der Waals surface area contributed by atoms with E-state index in [-0.39, 0.29) is 11.6 Å². The number of nitro benzene ring substituents is 1. The minimum absolute atomic E-state index is 0.120. The highest BCUT2D eigenvalue weighted by molar-refractivity contribution is 5.79. The molecule has 3 heterocycles. The molecule has 1 aliphatic rings. The second-order valence-corrected chi connectivity index (χ2v) is 11.1. The number of piperidine rings is 1. The molecular formula is C34H34N8O4. The van der Waals surface area contributed by atoms with Gasteiger partial charge in [0.05, 0.1) is 29.9 Å². The lowest BCUT2D eigenvalue weighted by Crippen LogP contribution is -2.35. The van der Waals surface area contributed by atoms with Crippen molar-refractivity contribution in [3.8, 4) is 17.1 Å². The van der Waals surface area contributed by atoms with Crippen molar-refractivity contribution in [2.24, 2.45) is 11.0 Å². The molecule has 0 radical (unpaired) electrons. The minimum Gasteiger partial charge on any atom is -0.497 e. The first-order chi connectivity index (χ1) is 22.4. The summed E-state index contributed by atoms with van der Waals surface area (Å²) in [7, 11) is 1.46. The maximum atomic E-state index is 11.6. The molecule has 0 spiro atoms. The minimum atomic E-state index is -0.470. The first kappa shape index (κ1) is 30.3. The van der Waals surface area contributed by atoms with Crippen LogP contribution in [0.4, 0.5) is 29.2 Å². The van der Waals surface area contributed by atoms with Gasteiger partial charge in [-0.15, -0.1) is 0 Å². The standard InChI is InChI=1S/C34H34N8O4/c1-23-8-10-26(11-9-23)36-32-37-33(39-34(38-32)41-18-16-25(17-19-41)20-24-6-4-3-5-7-24)40-35-22-28-13-15-31(46-28)29-14-12-27(45-2)21-30(29)42(43)44/h3-15,21-22,25H,16-20H2,1-2H3,(H2,36,37,38,39,40)/b35-22+. The summed E-state index contributed by atoms with van der Waals surface area (Å²) in [6, 6.07) is 26.5. The summed E-state index contributed by atoms with van der Waals surface area (Å²) in [4.78, 5) is 27.3. The lowest BCUT2D eigenvalue weighted by Gasteiger charge is -2.32. The quantitative estimate of drug-likeness (QED) is 0.0901. The molecule has 12 heteroatoms. The van der Waals surface area contributed by atoms with Crippen LogP contribution in [0.3, 0.4) is 0 Å². The molecule has 1 fully saturated rings. The number of benzene rings is 3. The van der Waals surface area contributed by atoms with Crippen LogP contribution in [0.25, 0.3) is 11.3 Å². The number of furan rings is 1. The molecule has 2 N–H and O–H groups in total. The number of hydrogen-bond acceptors (Lipinski definition) is 11. The van der Waals surface area contributed by atoms with Crippen molar-refractivity contribution in [1.29, 1.82) is 0 Å². The number of aryl methyl sites for hydroxylation is 1. The lowest BCUT2D eigenvalue weighted by molar-refractivity contribution is -0.384. The number of anilines is 4. The Morgan fingerprint density at radius 2 is 1.76 bits per heavy atom. The molecule has 0 bridgehead atoms. The van der Waals surface area contributed by atoms with Gasteiger partial charge in [-0.1, -0.05) is 48.0 Å². The van der Waals surface area contributed by atoms with Crippen LogP contribution < -0.4 is 20.4 Å². The molecule has 0 amide bonds. The molecule has 2 aromatic heterocycles. The van der Waals surface area contributed by atoms with Crippen LogP contribution in [-0.2, 0) is 6.42 Å². The molecular weight excluding hydrogens is 584 g/mol. The number of hydrazone groups is 1. The van der Waals surface area contributed by atoms with Gasteiger partial charge in [0.25, 0.3) is 5.69 Å². The third-order valence-electron chi connectivity index (χ3n) is 7.85. The van der Waals surface area contributed by atoms with E-state index in [1.165, 1.54) is 25.0 Å². The van der Waals surface area contributed by atoms with E-state index in [1.54, 1.807) is 24.3 Å². The average Bonchev–Trinajstić information content (AvgIpc) is 3.55. The van der Waals surface area contributed by atoms with Gasteiger partial charge in [-0.25, -0.2) is 5.43 Å².